The van der Waals surface area contributed by atoms with Gasteiger partial charge in [-0.25, -0.2) is 13.8 Å². The van der Waals surface area contributed by atoms with Crippen LogP contribution in [0.15, 0.2) is 48.5 Å². The standard InChI is InChI=1S/C27H29F2N3O4/c1-16(2)25-24(27(35)30-15-17-3-7-19(28)8-4-17)31-26(18-5-9-20(29)10-6-18)32(25)12-11-22-13-21(33)14-23(34)36-22/h3-10,16,21-22,33H,11-15H2,1-2H3,(H,30,35)/t21-,22-/m1/s1. The Morgan fingerprint density at radius 3 is 2.39 bits per heavy atom. The molecule has 1 aliphatic heterocycles. The van der Waals surface area contributed by atoms with Gasteiger partial charge in [0.15, 0.2) is 0 Å². The van der Waals surface area contributed by atoms with E-state index in [1.807, 2.05) is 18.4 Å². The maximum absolute atomic E-state index is 13.6. The van der Waals surface area contributed by atoms with E-state index in [1.165, 1.54) is 24.3 Å². The third-order valence-corrected chi connectivity index (χ3v) is 6.15. The normalized spacial score (nSPS) is 17.8. The van der Waals surface area contributed by atoms with Gasteiger partial charge in [-0.3, -0.25) is 9.59 Å². The van der Waals surface area contributed by atoms with Crippen molar-refractivity contribution in [2.24, 2.45) is 0 Å². The third-order valence-electron chi connectivity index (χ3n) is 6.15. The highest BCUT2D eigenvalue weighted by atomic mass is 19.1. The number of hydrogen-bond donors (Lipinski definition) is 2. The van der Waals surface area contributed by atoms with Crippen LogP contribution in [-0.4, -0.2) is 38.7 Å². The van der Waals surface area contributed by atoms with Gasteiger partial charge in [-0.05, 0) is 47.9 Å². The Morgan fingerprint density at radius 2 is 1.78 bits per heavy atom. The number of amides is 1. The minimum atomic E-state index is -0.743. The second kappa shape index (κ2) is 11.0. The van der Waals surface area contributed by atoms with Gasteiger partial charge >= 0.3 is 5.97 Å². The lowest BCUT2D eigenvalue weighted by Crippen LogP contribution is -2.33. The lowest BCUT2D eigenvalue weighted by Gasteiger charge is -2.26. The Morgan fingerprint density at radius 1 is 1.14 bits per heavy atom. The SMILES string of the molecule is CC(C)c1c(C(=O)NCc2ccc(F)cc2)nc(-c2ccc(F)cc2)n1CC[C@@H]1C[C@@H](O)CC(=O)O1. The fourth-order valence-corrected chi connectivity index (χ4v) is 4.44. The summed E-state index contributed by atoms with van der Waals surface area (Å²) in [5, 5.41) is 12.8. The number of aliphatic hydroxyl groups is 1. The van der Waals surface area contributed by atoms with Crippen molar-refractivity contribution in [1.82, 2.24) is 14.9 Å². The Bertz CT molecular complexity index is 1220. The van der Waals surface area contributed by atoms with Crippen LogP contribution in [0.25, 0.3) is 11.4 Å². The summed E-state index contributed by atoms with van der Waals surface area (Å²) in [4.78, 5) is 29.7. The maximum Gasteiger partial charge on any atom is 0.308 e. The van der Waals surface area contributed by atoms with Gasteiger partial charge < -0.3 is 19.7 Å². The summed E-state index contributed by atoms with van der Waals surface area (Å²) in [7, 11) is 0. The van der Waals surface area contributed by atoms with Gasteiger partial charge in [0.2, 0.25) is 0 Å². The van der Waals surface area contributed by atoms with E-state index in [2.05, 4.69) is 10.3 Å². The van der Waals surface area contributed by atoms with Crippen molar-refractivity contribution in [2.45, 2.75) is 64.3 Å². The van der Waals surface area contributed by atoms with Crippen LogP contribution < -0.4 is 5.32 Å². The molecule has 0 saturated carbocycles. The predicted molar refractivity (Wildman–Crippen MR) is 129 cm³/mol. The van der Waals surface area contributed by atoms with Crippen molar-refractivity contribution in [3.63, 3.8) is 0 Å². The van der Waals surface area contributed by atoms with Gasteiger partial charge in [0.25, 0.3) is 5.91 Å². The van der Waals surface area contributed by atoms with Gasteiger partial charge in [0, 0.05) is 31.5 Å². The molecule has 2 N–H and O–H groups in total. The number of esters is 1. The molecule has 1 amide bonds. The van der Waals surface area contributed by atoms with Crippen molar-refractivity contribution in [3.8, 4) is 11.4 Å². The quantitative estimate of drug-likeness (QED) is 0.452. The Labute approximate surface area is 208 Å². The number of hydrogen-bond acceptors (Lipinski definition) is 5. The zero-order valence-corrected chi connectivity index (χ0v) is 20.2. The number of ether oxygens (including phenoxy) is 1. The molecule has 0 unspecified atom stereocenters. The Hall–Kier alpha value is -3.59. The molecule has 1 fully saturated rings. The highest BCUT2D eigenvalue weighted by Gasteiger charge is 2.29. The third kappa shape index (κ3) is 5.96. The molecule has 3 aromatic rings. The Kier molecular flexibility index (Phi) is 7.79. The van der Waals surface area contributed by atoms with E-state index >= 15 is 0 Å². The van der Waals surface area contributed by atoms with Crippen LogP contribution >= 0.6 is 0 Å². The monoisotopic (exact) mass is 497 g/mol. The number of cyclic esters (lactones) is 1. The molecule has 2 aromatic carbocycles. The second-order valence-corrected chi connectivity index (χ2v) is 9.29. The van der Waals surface area contributed by atoms with Crippen molar-refractivity contribution in [1.29, 1.82) is 0 Å². The molecule has 0 aliphatic carbocycles. The molecular weight excluding hydrogens is 468 g/mol. The van der Waals surface area contributed by atoms with Gasteiger partial charge in [0.05, 0.1) is 18.2 Å². The zero-order valence-electron chi connectivity index (χ0n) is 20.2. The van der Waals surface area contributed by atoms with Crippen LogP contribution in [0, 0.1) is 11.6 Å². The van der Waals surface area contributed by atoms with E-state index < -0.39 is 18.2 Å². The average molecular weight is 498 g/mol. The van der Waals surface area contributed by atoms with Crippen LogP contribution in [0.4, 0.5) is 8.78 Å². The molecule has 1 saturated heterocycles. The lowest BCUT2D eigenvalue weighted by atomic mass is 10.0. The number of imidazole rings is 1. The minimum absolute atomic E-state index is 0.0158. The maximum atomic E-state index is 13.6. The van der Waals surface area contributed by atoms with Crippen molar-refractivity contribution in [3.05, 3.63) is 77.1 Å². The molecule has 2 heterocycles. The van der Waals surface area contributed by atoms with Crippen molar-refractivity contribution in [2.75, 3.05) is 0 Å². The molecule has 0 bridgehead atoms. The van der Waals surface area contributed by atoms with Crippen LogP contribution in [0.3, 0.4) is 0 Å². The molecule has 0 spiro atoms. The summed E-state index contributed by atoms with van der Waals surface area (Å²) in [5.41, 5.74) is 2.31. The number of carbonyl (C=O) groups is 2. The van der Waals surface area contributed by atoms with Gasteiger partial charge in [-0.2, -0.15) is 0 Å². The molecular formula is C27H29F2N3O4. The number of rotatable bonds is 8. The summed E-state index contributed by atoms with van der Waals surface area (Å²) in [5.74, 6) is -1.16. The summed E-state index contributed by atoms with van der Waals surface area (Å²) in [6, 6.07) is 11.7. The lowest BCUT2D eigenvalue weighted by molar-refractivity contribution is -0.160. The summed E-state index contributed by atoms with van der Waals surface area (Å²) in [6.45, 7) is 4.47. The largest absolute Gasteiger partial charge is 0.462 e. The number of benzene rings is 2. The number of nitrogens with one attached hydrogen (secondary N) is 1. The number of aliphatic hydroxyl groups excluding tert-OH is 1. The Balaban J connectivity index is 1.65. The summed E-state index contributed by atoms with van der Waals surface area (Å²) < 4.78 is 34.1. The smallest absolute Gasteiger partial charge is 0.308 e. The molecule has 9 heteroatoms. The van der Waals surface area contributed by atoms with E-state index in [4.69, 9.17) is 4.74 Å². The number of nitrogens with zero attached hydrogens (tertiary/aromatic N) is 2. The van der Waals surface area contributed by atoms with Crippen LogP contribution in [0.1, 0.15) is 60.8 Å². The van der Waals surface area contributed by atoms with E-state index in [1.54, 1.807) is 24.3 Å². The first-order valence-electron chi connectivity index (χ1n) is 12.0. The van der Waals surface area contributed by atoms with Gasteiger partial charge in [0.1, 0.15) is 29.3 Å². The summed E-state index contributed by atoms with van der Waals surface area (Å²) in [6.07, 6.45) is -0.454. The molecule has 4 rings (SSSR count). The molecule has 7 nitrogen and oxygen atoms in total. The molecule has 0 radical (unpaired) electrons. The zero-order chi connectivity index (χ0) is 25.8. The van der Waals surface area contributed by atoms with E-state index in [0.29, 0.717) is 36.5 Å². The number of aromatic nitrogens is 2. The molecule has 1 aliphatic rings. The fraction of sp³-hybridized carbons (Fsp3) is 0.370. The summed E-state index contributed by atoms with van der Waals surface area (Å²) >= 11 is 0. The van der Waals surface area contributed by atoms with Gasteiger partial charge in [-0.1, -0.05) is 26.0 Å². The predicted octanol–water partition coefficient (Wildman–Crippen LogP) is 4.34. The minimum Gasteiger partial charge on any atom is -0.462 e. The van der Waals surface area contributed by atoms with Crippen molar-refractivity contribution < 1.29 is 28.2 Å². The fourth-order valence-electron chi connectivity index (χ4n) is 4.44. The molecule has 1 aromatic heterocycles. The van der Waals surface area contributed by atoms with E-state index in [0.717, 1.165) is 5.56 Å². The van der Waals surface area contributed by atoms with Crippen LogP contribution in [0.5, 0.6) is 0 Å². The second-order valence-electron chi connectivity index (χ2n) is 9.29. The van der Waals surface area contributed by atoms with Crippen LogP contribution in [0.2, 0.25) is 0 Å². The molecule has 2 atom stereocenters. The topological polar surface area (TPSA) is 93.5 Å². The highest BCUT2D eigenvalue weighted by molar-refractivity contribution is 5.94. The van der Waals surface area contributed by atoms with E-state index in [-0.39, 0.29) is 42.1 Å². The number of carbonyl (C=O) groups excluding carboxylic acids is 2. The highest BCUT2D eigenvalue weighted by Crippen LogP contribution is 2.30. The molecule has 36 heavy (non-hydrogen) atoms. The first-order valence-corrected chi connectivity index (χ1v) is 12.0. The average Bonchev–Trinajstić information content (AvgIpc) is 3.22. The van der Waals surface area contributed by atoms with Crippen molar-refractivity contribution >= 4 is 11.9 Å². The van der Waals surface area contributed by atoms with Crippen LogP contribution in [-0.2, 0) is 22.6 Å². The number of halogens is 2. The molecule has 190 valence electrons. The first kappa shape index (κ1) is 25.5. The first-order chi connectivity index (χ1) is 17.2. The van der Waals surface area contributed by atoms with Gasteiger partial charge in [-0.15, -0.1) is 0 Å². The van der Waals surface area contributed by atoms with E-state index in [9.17, 15) is 23.5 Å².